The monoisotopic (exact) mass is 253 g/mol. The number of hydrogen-bond acceptors (Lipinski definition) is 4. The van der Waals surface area contributed by atoms with Gasteiger partial charge in [0.1, 0.15) is 37.7 Å². The standard InChI is InChI=1S/C13H20N2O3/c1-15(4-7-17-8-5-15)6-9-18-13-10-11(16)2-3-12(13)14/h2-3,10H,4-9,14H2,1H3/p+1. The SMILES string of the molecule is C[N+]1(CCOc2cc(O)ccc2N)CCOCC1. The van der Waals surface area contributed by atoms with Crippen molar-refractivity contribution in [2.75, 3.05) is 52.2 Å². The largest absolute Gasteiger partial charge is 0.508 e. The number of nitrogens with zero attached hydrogens (tertiary/aromatic N) is 1. The van der Waals surface area contributed by atoms with Crippen LogP contribution in [0, 0.1) is 0 Å². The van der Waals surface area contributed by atoms with Crippen molar-refractivity contribution in [1.82, 2.24) is 0 Å². The van der Waals surface area contributed by atoms with Gasteiger partial charge in [-0.3, -0.25) is 0 Å². The second-order valence-electron chi connectivity index (χ2n) is 4.97. The van der Waals surface area contributed by atoms with Crippen LogP contribution in [0.25, 0.3) is 0 Å². The van der Waals surface area contributed by atoms with Gasteiger partial charge in [-0.1, -0.05) is 0 Å². The highest BCUT2D eigenvalue weighted by molar-refractivity contribution is 5.55. The smallest absolute Gasteiger partial charge is 0.146 e. The summed E-state index contributed by atoms with van der Waals surface area (Å²) in [5.41, 5.74) is 6.33. The predicted octanol–water partition coefficient (Wildman–Crippen LogP) is 0.830. The molecule has 1 fully saturated rings. The van der Waals surface area contributed by atoms with E-state index in [0.29, 0.717) is 18.0 Å². The third-order valence-electron chi connectivity index (χ3n) is 3.44. The first kappa shape index (κ1) is 13.0. The van der Waals surface area contributed by atoms with E-state index in [2.05, 4.69) is 7.05 Å². The Bertz CT molecular complexity index is 403. The van der Waals surface area contributed by atoms with E-state index in [1.54, 1.807) is 18.2 Å². The van der Waals surface area contributed by atoms with Crippen molar-refractivity contribution in [3.63, 3.8) is 0 Å². The number of anilines is 1. The molecule has 18 heavy (non-hydrogen) atoms. The fraction of sp³-hybridized carbons (Fsp3) is 0.538. The van der Waals surface area contributed by atoms with Crippen molar-refractivity contribution >= 4 is 5.69 Å². The van der Waals surface area contributed by atoms with Gasteiger partial charge in [-0.2, -0.15) is 0 Å². The Kier molecular flexibility index (Phi) is 3.93. The first-order chi connectivity index (χ1) is 8.59. The maximum Gasteiger partial charge on any atom is 0.146 e. The number of morpholine rings is 1. The summed E-state index contributed by atoms with van der Waals surface area (Å²) < 4.78 is 12.0. The second-order valence-corrected chi connectivity index (χ2v) is 4.97. The molecule has 1 heterocycles. The number of nitrogens with two attached hydrogens (primary N) is 1. The molecule has 0 bridgehead atoms. The summed E-state index contributed by atoms with van der Waals surface area (Å²) in [4.78, 5) is 0. The number of aromatic hydroxyl groups is 1. The van der Waals surface area contributed by atoms with Gasteiger partial charge in [-0.05, 0) is 12.1 Å². The van der Waals surface area contributed by atoms with Gasteiger partial charge in [-0.25, -0.2) is 0 Å². The van der Waals surface area contributed by atoms with Gasteiger partial charge >= 0.3 is 0 Å². The molecule has 1 aliphatic rings. The van der Waals surface area contributed by atoms with Crippen molar-refractivity contribution in [3.8, 4) is 11.5 Å². The molecule has 0 unspecified atom stereocenters. The minimum absolute atomic E-state index is 0.172. The molecule has 0 saturated carbocycles. The van der Waals surface area contributed by atoms with Gasteiger partial charge in [-0.15, -0.1) is 0 Å². The predicted molar refractivity (Wildman–Crippen MR) is 69.6 cm³/mol. The maximum atomic E-state index is 9.38. The molecule has 1 saturated heterocycles. The Balaban J connectivity index is 1.86. The molecule has 5 nitrogen and oxygen atoms in total. The topological polar surface area (TPSA) is 64.7 Å². The third kappa shape index (κ3) is 3.27. The molecule has 5 heteroatoms. The Morgan fingerprint density at radius 1 is 1.39 bits per heavy atom. The van der Waals surface area contributed by atoms with Crippen molar-refractivity contribution in [2.45, 2.75) is 0 Å². The lowest BCUT2D eigenvalue weighted by atomic mass is 10.3. The lowest BCUT2D eigenvalue weighted by molar-refractivity contribution is -0.916. The molecule has 100 valence electrons. The fourth-order valence-electron chi connectivity index (χ4n) is 2.03. The summed E-state index contributed by atoms with van der Waals surface area (Å²) in [5, 5.41) is 9.38. The van der Waals surface area contributed by atoms with Crippen LogP contribution in [0.1, 0.15) is 0 Å². The molecule has 0 atom stereocenters. The number of phenols is 1. The highest BCUT2D eigenvalue weighted by atomic mass is 16.5. The molecule has 1 aromatic rings. The van der Waals surface area contributed by atoms with E-state index in [0.717, 1.165) is 37.3 Å². The van der Waals surface area contributed by atoms with E-state index in [1.165, 1.54) is 0 Å². The Morgan fingerprint density at radius 3 is 2.83 bits per heavy atom. The number of quaternary nitrogens is 1. The van der Waals surface area contributed by atoms with Crippen molar-refractivity contribution in [3.05, 3.63) is 18.2 Å². The molecular formula is C13H21N2O3+. The highest BCUT2D eigenvalue weighted by Gasteiger charge is 2.24. The van der Waals surface area contributed by atoms with Crippen LogP contribution in [-0.4, -0.2) is 56.1 Å². The van der Waals surface area contributed by atoms with E-state index in [1.807, 2.05) is 0 Å². The minimum Gasteiger partial charge on any atom is -0.508 e. The van der Waals surface area contributed by atoms with Gasteiger partial charge < -0.3 is 24.8 Å². The molecule has 0 aliphatic carbocycles. The van der Waals surface area contributed by atoms with Crippen LogP contribution < -0.4 is 10.5 Å². The van der Waals surface area contributed by atoms with Gasteiger partial charge in [0.2, 0.25) is 0 Å². The number of rotatable bonds is 4. The number of benzene rings is 1. The molecule has 0 radical (unpaired) electrons. The van der Waals surface area contributed by atoms with Crippen LogP contribution in [0.5, 0.6) is 11.5 Å². The van der Waals surface area contributed by atoms with Crippen LogP contribution in [0.4, 0.5) is 5.69 Å². The van der Waals surface area contributed by atoms with E-state index >= 15 is 0 Å². The van der Waals surface area contributed by atoms with E-state index in [-0.39, 0.29) is 5.75 Å². The fourth-order valence-corrected chi connectivity index (χ4v) is 2.03. The average molecular weight is 253 g/mol. The zero-order valence-corrected chi connectivity index (χ0v) is 10.8. The maximum absolute atomic E-state index is 9.38. The van der Waals surface area contributed by atoms with Crippen LogP contribution in [-0.2, 0) is 4.74 Å². The van der Waals surface area contributed by atoms with Crippen LogP contribution in [0.15, 0.2) is 18.2 Å². The molecule has 0 spiro atoms. The van der Waals surface area contributed by atoms with Gasteiger partial charge in [0.05, 0.1) is 25.9 Å². The number of hydrogen-bond donors (Lipinski definition) is 2. The Labute approximate surface area is 107 Å². The zero-order valence-electron chi connectivity index (χ0n) is 10.8. The summed E-state index contributed by atoms with van der Waals surface area (Å²) in [5.74, 6) is 0.723. The summed E-state index contributed by atoms with van der Waals surface area (Å²) in [6.45, 7) is 5.15. The number of ether oxygens (including phenoxy) is 2. The summed E-state index contributed by atoms with van der Waals surface area (Å²) in [7, 11) is 2.21. The first-order valence-electron chi connectivity index (χ1n) is 6.22. The zero-order chi connectivity index (χ0) is 13.0. The molecule has 0 aromatic heterocycles. The molecular weight excluding hydrogens is 232 g/mol. The lowest BCUT2D eigenvalue weighted by Gasteiger charge is -2.37. The number of nitrogen functional groups attached to an aromatic ring is 1. The molecule has 1 aromatic carbocycles. The van der Waals surface area contributed by atoms with E-state index in [4.69, 9.17) is 15.2 Å². The molecule has 2 rings (SSSR count). The highest BCUT2D eigenvalue weighted by Crippen LogP contribution is 2.26. The van der Waals surface area contributed by atoms with Crippen molar-refractivity contribution in [2.24, 2.45) is 0 Å². The molecule has 1 aliphatic heterocycles. The van der Waals surface area contributed by atoms with Crippen LogP contribution in [0.3, 0.4) is 0 Å². The van der Waals surface area contributed by atoms with E-state index < -0.39 is 0 Å². The Hall–Kier alpha value is -1.46. The third-order valence-corrected chi connectivity index (χ3v) is 3.44. The van der Waals surface area contributed by atoms with E-state index in [9.17, 15) is 5.11 Å². The lowest BCUT2D eigenvalue weighted by Crippen LogP contribution is -2.53. The first-order valence-corrected chi connectivity index (χ1v) is 6.22. The minimum atomic E-state index is 0.172. The second kappa shape index (κ2) is 5.46. The number of likely N-dealkylation sites (N-methyl/N-ethyl adjacent to an activating group) is 1. The normalized spacial score (nSPS) is 18.5. The van der Waals surface area contributed by atoms with Crippen molar-refractivity contribution < 1.29 is 19.1 Å². The summed E-state index contributed by atoms with van der Waals surface area (Å²) in [6.07, 6.45) is 0. The summed E-state index contributed by atoms with van der Waals surface area (Å²) >= 11 is 0. The molecule has 3 N–H and O–H groups in total. The van der Waals surface area contributed by atoms with Gasteiger partial charge in [0.25, 0.3) is 0 Å². The van der Waals surface area contributed by atoms with Crippen LogP contribution >= 0.6 is 0 Å². The Morgan fingerprint density at radius 2 is 2.11 bits per heavy atom. The van der Waals surface area contributed by atoms with Gasteiger partial charge in [0.15, 0.2) is 0 Å². The van der Waals surface area contributed by atoms with Crippen molar-refractivity contribution in [1.29, 1.82) is 0 Å². The van der Waals surface area contributed by atoms with Crippen LogP contribution in [0.2, 0.25) is 0 Å². The average Bonchev–Trinajstić information content (AvgIpc) is 2.34. The number of phenolic OH excluding ortho intramolecular Hbond substituents is 1. The van der Waals surface area contributed by atoms with Gasteiger partial charge in [0, 0.05) is 6.07 Å². The molecule has 0 amide bonds. The summed E-state index contributed by atoms with van der Waals surface area (Å²) in [6, 6.07) is 4.75. The quantitative estimate of drug-likeness (QED) is 0.474.